The summed E-state index contributed by atoms with van der Waals surface area (Å²) in [6.07, 6.45) is 1.83. The average molecular weight is 336 g/mol. The number of halogens is 1. The normalized spacial score (nSPS) is 10.3. The van der Waals surface area contributed by atoms with E-state index in [9.17, 15) is 9.59 Å². The number of benzene rings is 1. The number of primary amides is 1. The number of carbonyl (C=O) groups is 2. The average Bonchev–Trinajstić information content (AvgIpc) is 2.80. The van der Waals surface area contributed by atoms with E-state index >= 15 is 0 Å². The maximum absolute atomic E-state index is 12.3. The Morgan fingerprint density at radius 1 is 1.35 bits per heavy atom. The third-order valence-corrected chi connectivity index (χ3v) is 3.31. The molecule has 2 rings (SSSR count). The highest BCUT2D eigenvalue weighted by Gasteiger charge is 2.15. The van der Waals surface area contributed by atoms with Crippen LogP contribution < -0.4 is 11.1 Å². The molecular formula is C14H14BrN3O2. The van der Waals surface area contributed by atoms with Crippen LogP contribution in [0.1, 0.15) is 27.8 Å². The molecule has 2 amide bonds. The molecule has 6 heteroatoms. The molecule has 0 aliphatic carbocycles. The number of hydrogen-bond donors (Lipinski definition) is 2. The Kier molecular flexibility index (Phi) is 4.24. The quantitative estimate of drug-likeness (QED) is 0.900. The summed E-state index contributed by atoms with van der Waals surface area (Å²) in [5.41, 5.74) is 6.49. The number of rotatable bonds is 4. The second-order valence-electron chi connectivity index (χ2n) is 4.19. The van der Waals surface area contributed by atoms with Gasteiger partial charge in [-0.2, -0.15) is 0 Å². The van der Waals surface area contributed by atoms with Gasteiger partial charge in [-0.15, -0.1) is 0 Å². The van der Waals surface area contributed by atoms with Gasteiger partial charge in [-0.3, -0.25) is 9.59 Å². The van der Waals surface area contributed by atoms with Crippen LogP contribution in [-0.2, 0) is 6.54 Å². The molecular weight excluding hydrogens is 322 g/mol. The molecule has 0 bridgehead atoms. The fourth-order valence-electron chi connectivity index (χ4n) is 1.92. The van der Waals surface area contributed by atoms with Gasteiger partial charge in [-0.05, 0) is 41.1 Å². The van der Waals surface area contributed by atoms with Crippen molar-refractivity contribution in [1.82, 2.24) is 4.57 Å². The van der Waals surface area contributed by atoms with Gasteiger partial charge >= 0.3 is 0 Å². The molecule has 20 heavy (non-hydrogen) atoms. The zero-order chi connectivity index (χ0) is 14.7. The highest BCUT2D eigenvalue weighted by Crippen LogP contribution is 2.19. The summed E-state index contributed by atoms with van der Waals surface area (Å²) in [4.78, 5) is 23.6. The molecule has 5 nitrogen and oxygen atoms in total. The highest BCUT2D eigenvalue weighted by atomic mass is 79.9. The van der Waals surface area contributed by atoms with E-state index in [1.165, 1.54) is 0 Å². The minimum absolute atomic E-state index is 0.286. The lowest BCUT2D eigenvalue weighted by molar-refractivity contribution is 0.100. The first-order valence-electron chi connectivity index (χ1n) is 6.08. The van der Waals surface area contributed by atoms with E-state index in [2.05, 4.69) is 21.2 Å². The predicted molar refractivity (Wildman–Crippen MR) is 80.7 cm³/mol. The van der Waals surface area contributed by atoms with Gasteiger partial charge in [0.05, 0.1) is 11.3 Å². The van der Waals surface area contributed by atoms with Crippen molar-refractivity contribution >= 4 is 33.4 Å². The van der Waals surface area contributed by atoms with Crippen LogP contribution in [0.2, 0.25) is 0 Å². The van der Waals surface area contributed by atoms with Crippen molar-refractivity contribution < 1.29 is 9.59 Å². The van der Waals surface area contributed by atoms with Gasteiger partial charge in [-0.25, -0.2) is 0 Å². The van der Waals surface area contributed by atoms with E-state index in [-0.39, 0.29) is 11.5 Å². The van der Waals surface area contributed by atoms with E-state index in [4.69, 9.17) is 5.73 Å². The van der Waals surface area contributed by atoms with E-state index < -0.39 is 5.91 Å². The summed E-state index contributed by atoms with van der Waals surface area (Å²) in [6, 6.07) is 8.38. The number of aromatic nitrogens is 1. The Balaban J connectivity index is 2.30. The van der Waals surface area contributed by atoms with Gasteiger partial charge in [-0.1, -0.05) is 12.1 Å². The summed E-state index contributed by atoms with van der Waals surface area (Å²) >= 11 is 3.34. The number of aryl methyl sites for hydroxylation is 1. The number of anilines is 1. The van der Waals surface area contributed by atoms with Crippen molar-refractivity contribution in [3.63, 3.8) is 0 Å². The molecule has 104 valence electrons. The third kappa shape index (κ3) is 2.91. The van der Waals surface area contributed by atoms with Crippen LogP contribution in [-0.4, -0.2) is 16.4 Å². The van der Waals surface area contributed by atoms with Crippen LogP contribution >= 0.6 is 15.9 Å². The molecule has 3 N–H and O–H groups in total. The number of para-hydroxylation sites is 1. The van der Waals surface area contributed by atoms with E-state index in [0.29, 0.717) is 17.9 Å². The number of nitrogens with one attached hydrogen (secondary N) is 1. The molecule has 0 aliphatic rings. The van der Waals surface area contributed by atoms with Crippen molar-refractivity contribution in [3.8, 4) is 0 Å². The number of amides is 2. The lowest BCUT2D eigenvalue weighted by atomic mass is 10.1. The fourth-order valence-corrected chi connectivity index (χ4v) is 2.38. The maximum Gasteiger partial charge on any atom is 0.272 e. The Bertz CT molecular complexity index is 664. The molecule has 0 radical (unpaired) electrons. The van der Waals surface area contributed by atoms with Crippen LogP contribution in [0.3, 0.4) is 0 Å². The molecule has 2 aromatic rings. The Hall–Kier alpha value is -2.08. The molecule has 0 saturated carbocycles. The first-order valence-corrected chi connectivity index (χ1v) is 6.88. The first-order chi connectivity index (χ1) is 9.52. The van der Waals surface area contributed by atoms with Crippen molar-refractivity contribution in [2.24, 2.45) is 5.73 Å². The molecule has 1 heterocycles. The molecule has 0 saturated heterocycles. The molecule has 1 aromatic carbocycles. The Morgan fingerprint density at radius 3 is 2.70 bits per heavy atom. The molecule has 1 aromatic heterocycles. The molecule has 0 atom stereocenters. The largest absolute Gasteiger partial charge is 0.366 e. The summed E-state index contributed by atoms with van der Waals surface area (Å²) in [7, 11) is 0. The minimum atomic E-state index is -0.576. The molecule has 0 spiro atoms. The number of nitrogens with two attached hydrogens (primary N) is 1. The van der Waals surface area contributed by atoms with Crippen LogP contribution in [0.4, 0.5) is 5.69 Å². The monoisotopic (exact) mass is 335 g/mol. The highest BCUT2D eigenvalue weighted by molar-refractivity contribution is 9.10. The zero-order valence-electron chi connectivity index (χ0n) is 10.9. The Morgan fingerprint density at radius 2 is 2.05 bits per heavy atom. The Labute approximate surface area is 124 Å². The smallest absolute Gasteiger partial charge is 0.272 e. The molecule has 0 unspecified atom stereocenters. The maximum atomic E-state index is 12.3. The predicted octanol–water partition coefficient (Wildman–Crippen LogP) is 2.62. The second kappa shape index (κ2) is 5.92. The second-order valence-corrected chi connectivity index (χ2v) is 5.11. The molecule has 0 fully saturated rings. The first kappa shape index (κ1) is 14.3. The van der Waals surface area contributed by atoms with Crippen LogP contribution in [0.25, 0.3) is 0 Å². The standard InChI is InChI=1S/C14H14BrN3O2/c1-2-18-8-9(15)7-12(18)14(20)17-11-6-4-3-5-10(11)13(16)19/h3-8H,2H2,1H3,(H2,16,19)(H,17,20). The summed E-state index contributed by atoms with van der Waals surface area (Å²) in [5.74, 6) is -0.862. The topological polar surface area (TPSA) is 77.1 Å². The number of carbonyl (C=O) groups excluding carboxylic acids is 2. The van der Waals surface area contributed by atoms with Gasteiger partial charge in [0.2, 0.25) is 0 Å². The lowest BCUT2D eigenvalue weighted by Gasteiger charge is -2.10. The van der Waals surface area contributed by atoms with E-state index in [0.717, 1.165) is 4.47 Å². The van der Waals surface area contributed by atoms with Gasteiger partial charge in [0.25, 0.3) is 11.8 Å². The minimum Gasteiger partial charge on any atom is -0.366 e. The van der Waals surface area contributed by atoms with Crippen LogP contribution in [0.5, 0.6) is 0 Å². The van der Waals surface area contributed by atoms with Crippen molar-refractivity contribution in [2.45, 2.75) is 13.5 Å². The van der Waals surface area contributed by atoms with Gasteiger partial charge in [0.15, 0.2) is 0 Å². The van der Waals surface area contributed by atoms with Crippen molar-refractivity contribution in [3.05, 3.63) is 52.3 Å². The van der Waals surface area contributed by atoms with Crippen LogP contribution in [0.15, 0.2) is 41.0 Å². The van der Waals surface area contributed by atoms with E-state index in [1.54, 1.807) is 30.3 Å². The van der Waals surface area contributed by atoms with Gasteiger partial charge in [0.1, 0.15) is 5.69 Å². The summed E-state index contributed by atoms with van der Waals surface area (Å²) < 4.78 is 2.64. The number of nitrogens with zero attached hydrogens (tertiary/aromatic N) is 1. The van der Waals surface area contributed by atoms with Gasteiger partial charge in [0, 0.05) is 17.2 Å². The van der Waals surface area contributed by atoms with E-state index in [1.807, 2.05) is 17.7 Å². The summed E-state index contributed by atoms with van der Waals surface area (Å²) in [6.45, 7) is 2.62. The lowest BCUT2D eigenvalue weighted by Crippen LogP contribution is -2.20. The third-order valence-electron chi connectivity index (χ3n) is 2.88. The SMILES string of the molecule is CCn1cc(Br)cc1C(=O)Nc1ccccc1C(N)=O. The van der Waals surface area contributed by atoms with Crippen LogP contribution in [0, 0.1) is 0 Å². The zero-order valence-corrected chi connectivity index (χ0v) is 12.5. The summed E-state index contributed by atoms with van der Waals surface area (Å²) in [5, 5.41) is 2.71. The van der Waals surface area contributed by atoms with Gasteiger partial charge < -0.3 is 15.6 Å². The van der Waals surface area contributed by atoms with Crippen molar-refractivity contribution in [1.29, 1.82) is 0 Å². The van der Waals surface area contributed by atoms with Crippen molar-refractivity contribution in [2.75, 3.05) is 5.32 Å². The molecule has 0 aliphatic heterocycles. The number of hydrogen-bond acceptors (Lipinski definition) is 2. The fraction of sp³-hybridized carbons (Fsp3) is 0.143.